The highest BCUT2D eigenvalue weighted by atomic mass is 16.6. The molecule has 0 radical (unpaired) electrons. The van der Waals surface area contributed by atoms with Gasteiger partial charge in [0, 0.05) is 6.61 Å². The molecule has 2 aromatic rings. The second-order valence-corrected chi connectivity index (χ2v) is 8.66. The molecule has 0 aliphatic carbocycles. The van der Waals surface area contributed by atoms with E-state index in [9.17, 15) is 0 Å². The van der Waals surface area contributed by atoms with E-state index < -0.39 is 0 Å². The van der Waals surface area contributed by atoms with Crippen molar-refractivity contribution in [2.45, 2.75) is 51.2 Å². The lowest BCUT2D eigenvalue weighted by atomic mass is 9.96. The highest BCUT2D eigenvalue weighted by molar-refractivity contribution is 5.64. The quantitative estimate of drug-likeness (QED) is 0.314. The lowest BCUT2D eigenvalue weighted by molar-refractivity contribution is 0.110. The first-order valence-electron chi connectivity index (χ1n) is 11.4. The van der Waals surface area contributed by atoms with Crippen molar-refractivity contribution < 1.29 is 18.9 Å². The fraction of sp³-hybridized carbons (Fsp3) is 0.538. The fourth-order valence-corrected chi connectivity index (χ4v) is 3.67. The van der Waals surface area contributed by atoms with Crippen LogP contribution >= 0.6 is 0 Å². The molecule has 2 aliphatic heterocycles. The maximum absolute atomic E-state index is 5.71. The minimum absolute atomic E-state index is 0.293. The summed E-state index contributed by atoms with van der Waals surface area (Å²) in [5.41, 5.74) is 3.89. The summed E-state index contributed by atoms with van der Waals surface area (Å²) in [6.07, 6.45) is 6.75. The highest BCUT2D eigenvalue weighted by Crippen LogP contribution is 2.24. The Morgan fingerprint density at radius 2 is 1.43 bits per heavy atom. The molecule has 2 aliphatic rings. The minimum atomic E-state index is 0.293. The molecule has 2 aromatic carbocycles. The third-order valence-electron chi connectivity index (χ3n) is 5.83. The monoisotopic (exact) mass is 410 g/mol. The summed E-state index contributed by atoms with van der Waals surface area (Å²) in [7, 11) is 0. The average Bonchev–Trinajstić information content (AvgIpc) is 3.68. The lowest BCUT2D eigenvalue weighted by Crippen LogP contribution is -2.04. The van der Waals surface area contributed by atoms with Crippen LogP contribution in [0.15, 0.2) is 48.5 Å². The van der Waals surface area contributed by atoms with Crippen molar-refractivity contribution in [1.82, 2.24) is 0 Å². The van der Waals surface area contributed by atoms with Crippen molar-refractivity contribution in [3.05, 3.63) is 54.1 Å². The average molecular weight is 411 g/mol. The van der Waals surface area contributed by atoms with E-state index in [2.05, 4.69) is 43.3 Å². The number of aryl methyl sites for hydroxylation is 1. The molecule has 3 atom stereocenters. The van der Waals surface area contributed by atoms with Gasteiger partial charge < -0.3 is 18.9 Å². The third kappa shape index (κ3) is 7.42. The van der Waals surface area contributed by atoms with E-state index in [1.165, 1.54) is 36.0 Å². The Kier molecular flexibility index (Phi) is 7.79. The van der Waals surface area contributed by atoms with Crippen LogP contribution in [0.2, 0.25) is 0 Å². The molecule has 0 spiro atoms. The van der Waals surface area contributed by atoms with E-state index in [1.54, 1.807) is 0 Å². The van der Waals surface area contributed by atoms with Crippen LogP contribution in [0.3, 0.4) is 0 Å². The molecule has 3 unspecified atom stereocenters. The van der Waals surface area contributed by atoms with Gasteiger partial charge in [-0.2, -0.15) is 0 Å². The summed E-state index contributed by atoms with van der Waals surface area (Å²) in [6.45, 7) is 6.37. The predicted octanol–water partition coefficient (Wildman–Crippen LogP) is 5.29. The molecule has 0 amide bonds. The zero-order chi connectivity index (χ0) is 20.6. The summed E-state index contributed by atoms with van der Waals surface area (Å²) in [6, 6.07) is 17.3. The Balaban J connectivity index is 1.12. The van der Waals surface area contributed by atoms with Crippen LogP contribution in [0.5, 0.6) is 5.75 Å². The normalized spacial score (nSPS) is 20.7. The van der Waals surface area contributed by atoms with E-state index in [0.717, 1.165) is 50.9 Å². The molecule has 0 bridgehead atoms. The zero-order valence-electron chi connectivity index (χ0n) is 18.1. The molecule has 2 heterocycles. The van der Waals surface area contributed by atoms with Crippen LogP contribution in [-0.4, -0.2) is 45.2 Å². The first-order valence-corrected chi connectivity index (χ1v) is 11.4. The fourth-order valence-electron chi connectivity index (χ4n) is 3.67. The molecule has 30 heavy (non-hydrogen) atoms. The maximum Gasteiger partial charge on any atom is 0.119 e. The third-order valence-corrected chi connectivity index (χ3v) is 5.83. The van der Waals surface area contributed by atoms with Gasteiger partial charge in [0.05, 0.1) is 19.8 Å². The molecule has 4 heteroatoms. The Bertz CT molecular complexity index is 748. The highest BCUT2D eigenvalue weighted by Gasteiger charge is 2.23. The molecular weight excluding hydrogens is 376 g/mol. The summed E-state index contributed by atoms with van der Waals surface area (Å²) in [4.78, 5) is 0. The van der Waals surface area contributed by atoms with Crippen molar-refractivity contribution >= 4 is 0 Å². The van der Waals surface area contributed by atoms with Crippen molar-refractivity contribution in [1.29, 1.82) is 0 Å². The zero-order valence-corrected chi connectivity index (χ0v) is 18.1. The number of hydrogen-bond donors (Lipinski definition) is 0. The van der Waals surface area contributed by atoms with Gasteiger partial charge in [-0.05, 0) is 60.4 Å². The largest absolute Gasteiger partial charge is 0.491 e. The van der Waals surface area contributed by atoms with E-state index in [0.29, 0.717) is 18.8 Å². The van der Waals surface area contributed by atoms with Crippen LogP contribution < -0.4 is 4.74 Å². The molecule has 162 valence electrons. The van der Waals surface area contributed by atoms with Gasteiger partial charge in [-0.25, -0.2) is 0 Å². The smallest absolute Gasteiger partial charge is 0.119 e. The number of hydrogen-bond acceptors (Lipinski definition) is 4. The van der Waals surface area contributed by atoms with Crippen molar-refractivity contribution in [3.8, 4) is 16.9 Å². The molecule has 0 N–H and O–H groups in total. The second kappa shape index (κ2) is 10.9. The van der Waals surface area contributed by atoms with Gasteiger partial charge in [0.2, 0.25) is 0 Å². The molecule has 0 saturated carbocycles. The standard InChI is InChI=1S/C26H34O4/c1-20(5-3-15-27-16-25-17-29-25)4-2-6-21-7-9-22(10-8-21)23-11-13-24(14-12-23)28-18-26-19-30-26/h7-14,20,25-26H,2-6,15-19H2,1H3. The molecule has 0 aromatic heterocycles. The Morgan fingerprint density at radius 1 is 0.833 bits per heavy atom. The summed E-state index contributed by atoms with van der Waals surface area (Å²) >= 11 is 0. The van der Waals surface area contributed by atoms with E-state index >= 15 is 0 Å². The topological polar surface area (TPSA) is 43.5 Å². The molecular formula is C26H34O4. The van der Waals surface area contributed by atoms with E-state index in [-0.39, 0.29) is 0 Å². The van der Waals surface area contributed by atoms with Crippen LogP contribution in [-0.2, 0) is 20.6 Å². The van der Waals surface area contributed by atoms with E-state index in [1.807, 2.05) is 12.1 Å². The Labute approximate surface area is 180 Å². The molecule has 2 saturated heterocycles. The molecule has 4 rings (SSSR count). The van der Waals surface area contributed by atoms with Gasteiger partial charge >= 0.3 is 0 Å². The number of rotatable bonds is 14. The van der Waals surface area contributed by atoms with E-state index in [4.69, 9.17) is 18.9 Å². The van der Waals surface area contributed by atoms with Crippen molar-refractivity contribution in [3.63, 3.8) is 0 Å². The molecule has 4 nitrogen and oxygen atoms in total. The molecule has 2 fully saturated rings. The Hall–Kier alpha value is -1.88. The SMILES string of the molecule is CC(CCCOCC1CO1)CCCc1ccc(-c2ccc(OCC3CO3)cc2)cc1. The van der Waals surface area contributed by atoms with Gasteiger partial charge in [0.15, 0.2) is 0 Å². The van der Waals surface area contributed by atoms with Crippen LogP contribution in [0.4, 0.5) is 0 Å². The van der Waals surface area contributed by atoms with Crippen molar-refractivity contribution in [2.75, 3.05) is 33.0 Å². The summed E-state index contributed by atoms with van der Waals surface area (Å²) in [5, 5.41) is 0. The first kappa shape index (κ1) is 21.4. The lowest BCUT2D eigenvalue weighted by Gasteiger charge is -2.11. The van der Waals surface area contributed by atoms with Gasteiger partial charge in [0.1, 0.15) is 24.6 Å². The number of ether oxygens (including phenoxy) is 4. The predicted molar refractivity (Wildman–Crippen MR) is 119 cm³/mol. The van der Waals surface area contributed by atoms with Crippen LogP contribution in [0.1, 0.15) is 38.2 Å². The maximum atomic E-state index is 5.71. The first-order chi connectivity index (χ1) is 14.8. The van der Waals surface area contributed by atoms with Crippen molar-refractivity contribution in [2.24, 2.45) is 5.92 Å². The summed E-state index contributed by atoms with van der Waals surface area (Å²) in [5.74, 6) is 1.67. The summed E-state index contributed by atoms with van der Waals surface area (Å²) < 4.78 is 21.7. The van der Waals surface area contributed by atoms with Gasteiger partial charge in [-0.15, -0.1) is 0 Å². The number of epoxide rings is 2. The number of benzene rings is 2. The van der Waals surface area contributed by atoms with Crippen LogP contribution in [0, 0.1) is 5.92 Å². The minimum Gasteiger partial charge on any atom is -0.491 e. The van der Waals surface area contributed by atoms with Crippen LogP contribution in [0.25, 0.3) is 11.1 Å². The second-order valence-electron chi connectivity index (χ2n) is 8.66. The van der Waals surface area contributed by atoms with Gasteiger partial charge in [-0.1, -0.05) is 49.7 Å². The van der Waals surface area contributed by atoms with Gasteiger partial charge in [-0.3, -0.25) is 0 Å². The Morgan fingerprint density at radius 3 is 2.10 bits per heavy atom. The van der Waals surface area contributed by atoms with Gasteiger partial charge in [0.25, 0.3) is 0 Å².